The van der Waals surface area contributed by atoms with Gasteiger partial charge in [0, 0.05) is 43.2 Å². The minimum absolute atomic E-state index is 0.278. The van der Waals surface area contributed by atoms with Crippen LogP contribution in [0.4, 0.5) is 22.0 Å². The number of halogens is 5. The van der Waals surface area contributed by atoms with Crippen molar-refractivity contribution in [2.45, 2.75) is 44.5 Å². The van der Waals surface area contributed by atoms with E-state index in [4.69, 9.17) is 9.72 Å². The highest BCUT2D eigenvalue weighted by molar-refractivity contribution is 6.05. The molecule has 49 heavy (non-hydrogen) atoms. The van der Waals surface area contributed by atoms with Gasteiger partial charge in [0.25, 0.3) is 6.43 Å². The minimum Gasteiger partial charge on any atom is -0.480 e. The third-order valence-electron chi connectivity index (χ3n) is 9.75. The number of amides is 1. The number of carboxylic acids is 1. The van der Waals surface area contributed by atoms with Crippen LogP contribution in [0.15, 0.2) is 66.9 Å². The third-order valence-corrected chi connectivity index (χ3v) is 9.75. The number of nitrogens with zero attached hydrogens (tertiary/aromatic N) is 3. The molecule has 3 heterocycles. The number of carbonyl (C=O) groups excluding carboxylic acids is 1. The van der Waals surface area contributed by atoms with Crippen molar-refractivity contribution < 1.29 is 41.4 Å². The Morgan fingerprint density at radius 1 is 0.857 bits per heavy atom. The Morgan fingerprint density at radius 2 is 1.49 bits per heavy atom. The average Bonchev–Trinajstić information content (AvgIpc) is 3.08. The van der Waals surface area contributed by atoms with Crippen LogP contribution in [0.2, 0.25) is 0 Å². The van der Waals surface area contributed by atoms with Crippen molar-refractivity contribution in [3.63, 3.8) is 0 Å². The van der Waals surface area contributed by atoms with Gasteiger partial charge in [-0.1, -0.05) is 60.7 Å². The van der Waals surface area contributed by atoms with Gasteiger partial charge >= 0.3 is 12.1 Å². The van der Waals surface area contributed by atoms with Crippen LogP contribution < -0.4 is 5.32 Å². The number of ether oxygens (including phenoxy) is 1. The quantitative estimate of drug-likeness (QED) is 0.201. The summed E-state index contributed by atoms with van der Waals surface area (Å²) in [6, 6.07) is 17.2. The molecule has 260 valence electrons. The highest BCUT2D eigenvalue weighted by Crippen LogP contribution is 2.47. The predicted octanol–water partition coefficient (Wildman–Crippen LogP) is 5.91. The molecule has 0 saturated carbocycles. The molecule has 1 amide bonds. The molecule has 8 nitrogen and oxygen atoms in total. The smallest absolute Gasteiger partial charge is 0.403 e. The SMILES string of the molecule is O=C(O)[C@H](Cc1cccc2c(-c3ncc(CN4CCOCC4)c4ccccc34)cccc12)NC(=O)C1(C(F)(F)F)CCN(CC(F)F)CC1. The average molecular weight is 685 g/mol. The number of hydrogen-bond donors (Lipinski definition) is 2. The minimum atomic E-state index is -5.00. The number of carboxylic acid groups (broad SMARTS) is 1. The molecule has 2 fully saturated rings. The van der Waals surface area contributed by atoms with Crippen molar-refractivity contribution in [2.75, 3.05) is 45.9 Å². The fourth-order valence-corrected chi connectivity index (χ4v) is 7.02. The highest BCUT2D eigenvalue weighted by atomic mass is 19.4. The lowest BCUT2D eigenvalue weighted by molar-refractivity contribution is -0.233. The number of rotatable bonds is 10. The Morgan fingerprint density at radius 3 is 2.16 bits per heavy atom. The van der Waals surface area contributed by atoms with Gasteiger partial charge in [-0.05, 0) is 53.2 Å². The highest BCUT2D eigenvalue weighted by Gasteiger charge is 2.61. The zero-order valence-electron chi connectivity index (χ0n) is 26.7. The van der Waals surface area contributed by atoms with Gasteiger partial charge in [0.05, 0.1) is 25.5 Å². The largest absolute Gasteiger partial charge is 0.480 e. The van der Waals surface area contributed by atoms with Crippen molar-refractivity contribution in [3.8, 4) is 11.3 Å². The number of hydrogen-bond acceptors (Lipinski definition) is 6. The van der Waals surface area contributed by atoms with Crippen LogP contribution in [-0.4, -0.2) is 96.3 Å². The maximum Gasteiger partial charge on any atom is 0.403 e. The Labute approximate surface area is 279 Å². The lowest BCUT2D eigenvalue weighted by atomic mass is 9.76. The summed E-state index contributed by atoms with van der Waals surface area (Å²) in [6.07, 6.45) is -7.62. The van der Waals surface area contributed by atoms with Crippen LogP contribution in [-0.2, 0) is 27.3 Å². The lowest BCUT2D eigenvalue weighted by Crippen LogP contribution is -2.59. The number of likely N-dealkylation sites (tertiary alicyclic amines) is 1. The first-order valence-corrected chi connectivity index (χ1v) is 16.3. The normalized spacial score (nSPS) is 18.2. The van der Waals surface area contributed by atoms with Crippen LogP contribution in [0.1, 0.15) is 24.0 Å². The summed E-state index contributed by atoms with van der Waals surface area (Å²) in [5.41, 5.74) is 0.256. The van der Waals surface area contributed by atoms with E-state index in [1.165, 1.54) is 4.90 Å². The zero-order valence-corrected chi connectivity index (χ0v) is 26.7. The summed E-state index contributed by atoms with van der Waals surface area (Å²) >= 11 is 0. The molecule has 0 unspecified atom stereocenters. The van der Waals surface area contributed by atoms with E-state index >= 15 is 0 Å². The number of piperidine rings is 1. The van der Waals surface area contributed by atoms with E-state index in [1.807, 2.05) is 42.6 Å². The Balaban J connectivity index is 1.29. The van der Waals surface area contributed by atoms with Gasteiger partial charge < -0.3 is 15.2 Å². The molecule has 2 N–H and O–H groups in total. The Kier molecular flexibility index (Phi) is 10.1. The van der Waals surface area contributed by atoms with E-state index in [9.17, 15) is 36.6 Å². The van der Waals surface area contributed by atoms with E-state index in [0.29, 0.717) is 24.2 Å². The second-order valence-electron chi connectivity index (χ2n) is 12.7. The topological polar surface area (TPSA) is 95.0 Å². The van der Waals surface area contributed by atoms with Gasteiger partial charge in [0.15, 0.2) is 0 Å². The molecule has 0 bridgehead atoms. The van der Waals surface area contributed by atoms with Gasteiger partial charge in [-0.25, -0.2) is 13.6 Å². The van der Waals surface area contributed by atoms with E-state index in [2.05, 4.69) is 16.3 Å². The molecule has 1 aromatic heterocycles. The molecule has 2 aliphatic heterocycles. The van der Waals surface area contributed by atoms with Crippen LogP contribution in [0.5, 0.6) is 0 Å². The number of carbonyl (C=O) groups is 2. The number of alkyl halides is 5. The predicted molar refractivity (Wildman–Crippen MR) is 174 cm³/mol. The van der Waals surface area contributed by atoms with Crippen LogP contribution in [0.25, 0.3) is 32.8 Å². The van der Waals surface area contributed by atoms with Crippen molar-refractivity contribution in [1.29, 1.82) is 0 Å². The number of fused-ring (bicyclic) bond motifs is 2. The molecule has 6 rings (SSSR count). The third kappa shape index (κ3) is 7.24. The maximum absolute atomic E-state index is 14.4. The zero-order chi connectivity index (χ0) is 34.8. The summed E-state index contributed by atoms with van der Waals surface area (Å²) in [5, 5.41) is 15.7. The molecule has 0 radical (unpaired) electrons. The monoisotopic (exact) mass is 684 g/mol. The van der Waals surface area contributed by atoms with Gasteiger partial charge in [-0.3, -0.25) is 19.6 Å². The standard InChI is InChI=1S/C36H37F5N4O4/c37-31(38)22-44-13-11-35(12-14-44,36(39,40)41)34(48)43-30(33(46)47)19-23-5-3-9-27-25(23)8-4-10-29(27)32-28-7-2-1-6-26(28)24(20-42-32)21-45-15-17-49-18-16-45/h1-10,20,30-31H,11-19,21-22H2,(H,43,48)(H,46,47)/t30-/m0/s1. The maximum atomic E-state index is 14.4. The number of benzene rings is 3. The van der Waals surface area contributed by atoms with E-state index in [0.717, 1.165) is 52.6 Å². The second kappa shape index (κ2) is 14.3. The number of morpholine rings is 1. The Bertz CT molecular complexity index is 1820. The van der Waals surface area contributed by atoms with Gasteiger partial charge in [-0.2, -0.15) is 13.2 Å². The van der Waals surface area contributed by atoms with E-state index < -0.39 is 55.3 Å². The molecule has 4 aromatic rings. The number of pyridine rings is 1. The van der Waals surface area contributed by atoms with Gasteiger partial charge in [0.2, 0.25) is 5.91 Å². The van der Waals surface area contributed by atoms with Gasteiger partial charge in [0.1, 0.15) is 11.5 Å². The molecule has 2 saturated heterocycles. The van der Waals surface area contributed by atoms with Crippen LogP contribution in [0, 0.1) is 5.41 Å². The molecular weight excluding hydrogens is 647 g/mol. The molecule has 0 aliphatic carbocycles. The van der Waals surface area contributed by atoms with Crippen molar-refractivity contribution in [3.05, 3.63) is 78.0 Å². The lowest BCUT2D eigenvalue weighted by Gasteiger charge is -2.41. The molecule has 13 heteroatoms. The summed E-state index contributed by atoms with van der Waals surface area (Å²) in [4.78, 5) is 34.1. The summed E-state index contributed by atoms with van der Waals surface area (Å²) in [6.45, 7) is 2.33. The molecule has 1 atom stereocenters. The number of nitrogens with one attached hydrogen (secondary N) is 1. The fraction of sp³-hybridized carbons (Fsp3) is 0.417. The molecule has 0 spiro atoms. The molecule has 3 aromatic carbocycles. The van der Waals surface area contributed by atoms with Crippen LogP contribution >= 0.6 is 0 Å². The Hall–Kier alpha value is -4.20. The van der Waals surface area contributed by atoms with E-state index in [-0.39, 0.29) is 19.5 Å². The molecular formula is C36H37F5N4O4. The van der Waals surface area contributed by atoms with Crippen molar-refractivity contribution >= 4 is 33.4 Å². The van der Waals surface area contributed by atoms with Crippen molar-refractivity contribution in [1.82, 2.24) is 20.1 Å². The number of aliphatic carboxylic acids is 1. The molecule has 2 aliphatic rings. The van der Waals surface area contributed by atoms with Gasteiger partial charge in [-0.15, -0.1) is 0 Å². The summed E-state index contributed by atoms with van der Waals surface area (Å²) < 4.78 is 74.4. The van der Waals surface area contributed by atoms with Crippen molar-refractivity contribution in [2.24, 2.45) is 5.41 Å². The summed E-state index contributed by atoms with van der Waals surface area (Å²) in [7, 11) is 0. The van der Waals surface area contributed by atoms with Crippen LogP contribution in [0.3, 0.4) is 0 Å². The summed E-state index contributed by atoms with van der Waals surface area (Å²) in [5.74, 6) is -2.95. The van der Waals surface area contributed by atoms with E-state index in [1.54, 1.807) is 18.2 Å². The number of aromatic nitrogens is 1. The first kappa shape index (κ1) is 34.7. The second-order valence-corrected chi connectivity index (χ2v) is 12.7. The first-order valence-electron chi connectivity index (χ1n) is 16.3. The first-order chi connectivity index (χ1) is 23.5. The fourth-order valence-electron chi connectivity index (χ4n) is 7.02.